The molecule has 0 rings (SSSR count). The highest BCUT2D eigenvalue weighted by molar-refractivity contribution is 7.62. The molecule has 0 N–H and O–H groups in total. The number of hydrogen-bond donors (Lipinski definition) is 0. The number of unbranched alkanes of at least 4 members (excludes halogenated alkanes) is 1. The van der Waals surface area contributed by atoms with Gasteiger partial charge in [0.2, 0.25) is 7.37 Å². The summed E-state index contributed by atoms with van der Waals surface area (Å²) in [6.07, 6.45) is 4.47. The molecule has 0 bridgehead atoms. The van der Waals surface area contributed by atoms with Crippen LogP contribution in [0.15, 0.2) is 11.9 Å². The summed E-state index contributed by atoms with van der Waals surface area (Å²) in [7, 11) is -2.41. The van der Waals surface area contributed by atoms with E-state index in [0.717, 1.165) is 12.8 Å². The van der Waals surface area contributed by atoms with E-state index in [4.69, 9.17) is 4.52 Å². The van der Waals surface area contributed by atoms with Crippen LogP contribution in [0.1, 0.15) is 33.6 Å². The maximum atomic E-state index is 11.7. The van der Waals surface area contributed by atoms with Gasteiger partial charge in [0.1, 0.15) is 0 Å². The number of hydrogen-bond acceptors (Lipinski definition) is 2. The lowest BCUT2D eigenvalue weighted by Crippen LogP contribution is -1.92. The van der Waals surface area contributed by atoms with Gasteiger partial charge in [-0.1, -0.05) is 26.3 Å². The van der Waals surface area contributed by atoms with Gasteiger partial charge < -0.3 is 4.52 Å². The van der Waals surface area contributed by atoms with E-state index in [9.17, 15) is 4.57 Å². The Balaban J connectivity index is 3.89. The normalized spacial score (nSPS) is 16.6. The summed E-state index contributed by atoms with van der Waals surface area (Å²) in [6.45, 7) is 6.47. The van der Waals surface area contributed by atoms with Crippen molar-refractivity contribution in [2.45, 2.75) is 33.6 Å². The van der Waals surface area contributed by atoms with Crippen molar-refractivity contribution in [1.82, 2.24) is 0 Å². The lowest BCUT2D eigenvalue weighted by atomic mass is 10.4. The van der Waals surface area contributed by atoms with Gasteiger partial charge in [-0.15, -0.1) is 0 Å². The SMILES string of the molecule is CC=CP(=O)(CC)OCCCC. The summed E-state index contributed by atoms with van der Waals surface area (Å²) < 4.78 is 17.1. The molecule has 1 unspecified atom stereocenters. The van der Waals surface area contributed by atoms with E-state index in [1.54, 1.807) is 11.9 Å². The van der Waals surface area contributed by atoms with Crippen molar-refractivity contribution < 1.29 is 9.09 Å². The van der Waals surface area contributed by atoms with E-state index < -0.39 is 7.37 Å². The second kappa shape index (κ2) is 6.45. The van der Waals surface area contributed by atoms with Crippen LogP contribution in [0.5, 0.6) is 0 Å². The molecule has 1 atom stereocenters. The van der Waals surface area contributed by atoms with E-state index in [1.165, 1.54) is 0 Å². The van der Waals surface area contributed by atoms with Gasteiger partial charge >= 0.3 is 0 Å². The topological polar surface area (TPSA) is 26.3 Å². The molecule has 2 nitrogen and oxygen atoms in total. The predicted octanol–water partition coefficient (Wildman–Crippen LogP) is 3.63. The average Bonchev–Trinajstić information content (AvgIpc) is 2.06. The summed E-state index contributed by atoms with van der Waals surface area (Å²) in [5.41, 5.74) is 0. The zero-order chi connectivity index (χ0) is 9.45. The molecular formula is C9H19O2P. The Labute approximate surface area is 75.5 Å². The smallest absolute Gasteiger partial charge is 0.224 e. The molecule has 72 valence electrons. The maximum absolute atomic E-state index is 11.7. The molecule has 0 radical (unpaired) electrons. The minimum atomic E-state index is -2.41. The van der Waals surface area contributed by atoms with Crippen molar-refractivity contribution in [3.63, 3.8) is 0 Å². The van der Waals surface area contributed by atoms with Crippen molar-refractivity contribution in [3.8, 4) is 0 Å². The zero-order valence-corrected chi connectivity index (χ0v) is 9.14. The Morgan fingerprint density at radius 1 is 1.42 bits per heavy atom. The highest BCUT2D eigenvalue weighted by Crippen LogP contribution is 2.47. The minimum Gasteiger partial charge on any atom is -0.326 e. The molecule has 0 saturated carbocycles. The van der Waals surface area contributed by atoms with Crippen molar-refractivity contribution in [3.05, 3.63) is 11.9 Å². The van der Waals surface area contributed by atoms with Crippen LogP contribution in [0.3, 0.4) is 0 Å². The number of allylic oxidation sites excluding steroid dienone is 1. The van der Waals surface area contributed by atoms with E-state index in [0.29, 0.717) is 12.8 Å². The average molecular weight is 190 g/mol. The first-order valence-corrected chi connectivity index (χ1v) is 6.43. The van der Waals surface area contributed by atoms with Gasteiger partial charge in [0.15, 0.2) is 0 Å². The lowest BCUT2D eigenvalue weighted by Gasteiger charge is -2.11. The first kappa shape index (κ1) is 11.9. The van der Waals surface area contributed by atoms with Crippen LogP contribution in [0.25, 0.3) is 0 Å². The van der Waals surface area contributed by atoms with Crippen LogP contribution in [-0.2, 0) is 9.09 Å². The molecule has 12 heavy (non-hydrogen) atoms. The Morgan fingerprint density at radius 3 is 2.50 bits per heavy atom. The van der Waals surface area contributed by atoms with Crippen LogP contribution >= 0.6 is 7.37 Å². The molecule has 0 aromatic rings. The van der Waals surface area contributed by atoms with Crippen LogP contribution in [0.2, 0.25) is 0 Å². The molecule has 0 aromatic heterocycles. The molecule has 0 aliphatic carbocycles. The van der Waals surface area contributed by atoms with E-state index >= 15 is 0 Å². The van der Waals surface area contributed by atoms with Gasteiger partial charge in [-0.05, 0) is 19.2 Å². The maximum Gasteiger partial charge on any atom is 0.224 e. The van der Waals surface area contributed by atoms with Gasteiger partial charge in [-0.2, -0.15) is 0 Å². The molecule has 0 aliphatic heterocycles. The van der Waals surface area contributed by atoms with Crippen molar-refractivity contribution in [2.24, 2.45) is 0 Å². The Morgan fingerprint density at radius 2 is 2.08 bits per heavy atom. The second-order valence-electron chi connectivity index (χ2n) is 2.71. The molecule has 0 heterocycles. The molecular weight excluding hydrogens is 171 g/mol. The fourth-order valence-electron chi connectivity index (χ4n) is 0.830. The quantitative estimate of drug-likeness (QED) is 0.472. The largest absolute Gasteiger partial charge is 0.326 e. The van der Waals surface area contributed by atoms with Crippen LogP contribution in [-0.4, -0.2) is 12.8 Å². The fraction of sp³-hybridized carbons (Fsp3) is 0.778. The monoisotopic (exact) mass is 190 g/mol. The van der Waals surface area contributed by atoms with Gasteiger partial charge in [0.05, 0.1) is 6.61 Å². The number of rotatable bonds is 6. The molecule has 0 aliphatic rings. The van der Waals surface area contributed by atoms with Crippen LogP contribution in [0.4, 0.5) is 0 Å². The Hall–Kier alpha value is -0.0700. The van der Waals surface area contributed by atoms with Crippen molar-refractivity contribution >= 4 is 7.37 Å². The van der Waals surface area contributed by atoms with Crippen LogP contribution < -0.4 is 0 Å². The summed E-state index contributed by atoms with van der Waals surface area (Å²) in [5, 5.41) is 0. The van der Waals surface area contributed by atoms with E-state index in [-0.39, 0.29) is 0 Å². The van der Waals surface area contributed by atoms with Crippen molar-refractivity contribution in [1.29, 1.82) is 0 Å². The summed E-state index contributed by atoms with van der Waals surface area (Å²) >= 11 is 0. The zero-order valence-electron chi connectivity index (χ0n) is 8.25. The summed E-state index contributed by atoms with van der Waals surface area (Å²) in [5.74, 6) is 1.70. The first-order valence-electron chi connectivity index (χ1n) is 4.55. The van der Waals surface area contributed by atoms with E-state index in [1.807, 2.05) is 13.8 Å². The Kier molecular flexibility index (Phi) is 6.41. The van der Waals surface area contributed by atoms with E-state index in [2.05, 4.69) is 6.92 Å². The first-order chi connectivity index (χ1) is 5.68. The Bertz CT molecular complexity index is 175. The highest BCUT2D eigenvalue weighted by atomic mass is 31.2. The van der Waals surface area contributed by atoms with Crippen LogP contribution in [0, 0.1) is 0 Å². The second-order valence-corrected chi connectivity index (χ2v) is 5.35. The van der Waals surface area contributed by atoms with Crippen molar-refractivity contribution in [2.75, 3.05) is 12.8 Å². The predicted molar refractivity (Wildman–Crippen MR) is 53.8 cm³/mol. The molecule has 0 aromatic carbocycles. The lowest BCUT2D eigenvalue weighted by molar-refractivity contribution is 0.312. The molecule has 0 amide bonds. The minimum absolute atomic E-state index is 0.598. The van der Waals surface area contributed by atoms with Gasteiger partial charge in [-0.25, -0.2) is 0 Å². The molecule has 0 fully saturated rings. The fourth-order valence-corrected chi connectivity index (χ4v) is 2.20. The third kappa shape index (κ3) is 4.74. The highest BCUT2D eigenvalue weighted by Gasteiger charge is 2.14. The summed E-state index contributed by atoms with van der Waals surface area (Å²) in [4.78, 5) is 0. The summed E-state index contributed by atoms with van der Waals surface area (Å²) in [6, 6.07) is 0. The van der Waals surface area contributed by atoms with Gasteiger partial charge in [0, 0.05) is 6.16 Å². The third-order valence-corrected chi connectivity index (χ3v) is 3.88. The molecule has 0 saturated heterocycles. The van der Waals surface area contributed by atoms with Gasteiger partial charge in [0.25, 0.3) is 0 Å². The molecule has 0 spiro atoms. The third-order valence-electron chi connectivity index (χ3n) is 1.62. The molecule has 3 heteroatoms. The standard InChI is InChI=1S/C9H19O2P/c1-4-7-8-11-12(10,6-3)9-5-2/h5,9H,4,6-8H2,1-3H3. The van der Waals surface area contributed by atoms with Gasteiger partial charge in [-0.3, -0.25) is 4.57 Å².